The highest BCUT2D eigenvalue weighted by Crippen LogP contribution is 2.29. The van der Waals surface area contributed by atoms with Gasteiger partial charge in [-0.05, 0) is 36.2 Å². The second kappa shape index (κ2) is 5.62. The molecule has 0 radical (unpaired) electrons. The van der Waals surface area contributed by atoms with Gasteiger partial charge in [0.15, 0.2) is 0 Å². The molecule has 2 aromatic carbocycles. The summed E-state index contributed by atoms with van der Waals surface area (Å²) in [5.74, 6) is 0.207. The van der Waals surface area contributed by atoms with Crippen molar-refractivity contribution in [1.29, 1.82) is 0 Å². The SMILES string of the molecule is Cc1ccccc1CNC1=NS(=O)(=O)c2cc(Cl)ccc2N1. The third kappa shape index (κ3) is 2.93. The maximum absolute atomic E-state index is 12.2. The number of nitrogens with zero attached hydrogens (tertiary/aromatic N) is 1. The van der Waals surface area contributed by atoms with Crippen molar-refractivity contribution >= 4 is 33.3 Å². The van der Waals surface area contributed by atoms with Crippen LogP contribution in [0.4, 0.5) is 5.69 Å². The molecule has 2 aromatic rings. The average molecular weight is 336 g/mol. The van der Waals surface area contributed by atoms with E-state index in [0.717, 1.165) is 11.1 Å². The van der Waals surface area contributed by atoms with E-state index >= 15 is 0 Å². The lowest BCUT2D eigenvalue weighted by Crippen LogP contribution is -2.34. The topological polar surface area (TPSA) is 70.6 Å². The number of aryl methyl sites for hydroxylation is 1. The van der Waals surface area contributed by atoms with Gasteiger partial charge in [-0.25, -0.2) is 0 Å². The molecule has 1 aliphatic rings. The molecular formula is C15H14ClN3O2S. The Morgan fingerprint density at radius 2 is 2.00 bits per heavy atom. The standard InChI is InChI=1S/C15H14ClN3O2S/c1-10-4-2-3-5-11(10)9-17-15-18-13-7-6-12(16)8-14(13)22(20,21)19-15/h2-8H,9H2,1H3,(H2,17,18,19). The molecule has 22 heavy (non-hydrogen) atoms. The van der Waals surface area contributed by atoms with Crippen LogP contribution >= 0.6 is 11.6 Å². The van der Waals surface area contributed by atoms with Crippen LogP contribution in [-0.4, -0.2) is 14.4 Å². The number of anilines is 1. The van der Waals surface area contributed by atoms with E-state index in [1.807, 2.05) is 31.2 Å². The van der Waals surface area contributed by atoms with Gasteiger partial charge < -0.3 is 10.6 Å². The first kappa shape index (κ1) is 14.9. The summed E-state index contributed by atoms with van der Waals surface area (Å²) in [6, 6.07) is 12.5. The molecule has 0 aromatic heterocycles. The maximum atomic E-state index is 12.2. The average Bonchev–Trinajstić information content (AvgIpc) is 2.47. The molecule has 0 aliphatic carbocycles. The van der Waals surface area contributed by atoms with Crippen LogP contribution in [0, 0.1) is 6.92 Å². The second-order valence-corrected chi connectivity index (χ2v) is 6.97. The first-order valence-electron chi connectivity index (χ1n) is 6.66. The van der Waals surface area contributed by atoms with Crippen molar-refractivity contribution in [1.82, 2.24) is 5.32 Å². The lowest BCUT2D eigenvalue weighted by atomic mass is 10.1. The van der Waals surface area contributed by atoms with E-state index in [4.69, 9.17) is 11.6 Å². The smallest absolute Gasteiger partial charge is 0.287 e. The monoisotopic (exact) mass is 335 g/mol. The molecule has 0 unspecified atom stereocenters. The van der Waals surface area contributed by atoms with Crippen LogP contribution in [0.1, 0.15) is 11.1 Å². The summed E-state index contributed by atoms with van der Waals surface area (Å²) >= 11 is 5.84. The summed E-state index contributed by atoms with van der Waals surface area (Å²) < 4.78 is 28.1. The molecule has 3 rings (SSSR count). The number of sulfonamides is 1. The number of halogens is 1. The minimum Gasteiger partial charge on any atom is -0.351 e. The van der Waals surface area contributed by atoms with E-state index in [1.54, 1.807) is 12.1 Å². The highest BCUT2D eigenvalue weighted by atomic mass is 35.5. The molecule has 0 bridgehead atoms. The van der Waals surface area contributed by atoms with Crippen LogP contribution in [0.5, 0.6) is 0 Å². The third-order valence-electron chi connectivity index (χ3n) is 3.39. The van der Waals surface area contributed by atoms with Gasteiger partial charge in [0.05, 0.1) is 5.69 Å². The molecule has 0 atom stereocenters. The second-order valence-electron chi connectivity index (χ2n) is 4.96. The summed E-state index contributed by atoms with van der Waals surface area (Å²) in [5.41, 5.74) is 2.67. The Labute approximate surface area is 134 Å². The fraction of sp³-hybridized carbons (Fsp3) is 0.133. The van der Waals surface area contributed by atoms with Crippen molar-refractivity contribution in [2.75, 3.05) is 5.32 Å². The van der Waals surface area contributed by atoms with Crippen LogP contribution < -0.4 is 10.6 Å². The molecular weight excluding hydrogens is 322 g/mol. The Kier molecular flexibility index (Phi) is 3.80. The molecule has 7 heteroatoms. The van der Waals surface area contributed by atoms with Crippen molar-refractivity contribution in [3.8, 4) is 0 Å². The molecule has 0 fully saturated rings. The zero-order valence-electron chi connectivity index (χ0n) is 11.8. The van der Waals surface area contributed by atoms with Crippen molar-refractivity contribution in [3.05, 3.63) is 58.6 Å². The Balaban J connectivity index is 1.84. The molecule has 2 N–H and O–H groups in total. The van der Waals surface area contributed by atoms with Gasteiger partial charge in [0, 0.05) is 11.6 Å². The molecule has 0 saturated carbocycles. The van der Waals surface area contributed by atoms with Crippen LogP contribution in [0.25, 0.3) is 0 Å². The number of guanidine groups is 1. The number of hydrogen-bond donors (Lipinski definition) is 2. The van der Waals surface area contributed by atoms with E-state index in [0.29, 0.717) is 17.3 Å². The normalized spacial score (nSPS) is 15.5. The van der Waals surface area contributed by atoms with E-state index in [9.17, 15) is 8.42 Å². The quantitative estimate of drug-likeness (QED) is 0.885. The zero-order chi connectivity index (χ0) is 15.7. The molecule has 0 spiro atoms. The Morgan fingerprint density at radius 1 is 1.23 bits per heavy atom. The highest BCUT2D eigenvalue weighted by Gasteiger charge is 2.25. The van der Waals surface area contributed by atoms with Gasteiger partial charge in [0.25, 0.3) is 10.0 Å². The fourth-order valence-corrected chi connectivity index (χ4v) is 3.56. The molecule has 114 valence electrons. The minimum atomic E-state index is -3.75. The Bertz CT molecular complexity index is 863. The van der Waals surface area contributed by atoms with Gasteiger partial charge >= 0.3 is 0 Å². The van der Waals surface area contributed by atoms with Crippen molar-refractivity contribution < 1.29 is 8.42 Å². The largest absolute Gasteiger partial charge is 0.351 e. The fourth-order valence-electron chi connectivity index (χ4n) is 2.20. The molecule has 1 aliphatic heterocycles. The van der Waals surface area contributed by atoms with E-state index < -0.39 is 10.0 Å². The molecule has 0 amide bonds. The predicted octanol–water partition coefficient (Wildman–Crippen LogP) is 2.91. The Hall–Kier alpha value is -2.05. The van der Waals surface area contributed by atoms with Gasteiger partial charge in [-0.3, -0.25) is 0 Å². The first-order chi connectivity index (χ1) is 10.5. The first-order valence-corrected chi connectivity index (χ1v) is 8.47. The summed E-state index contributed by atoms with van der Waals surface area (Å²) in [5, 5.41) is 6.34. The lowest BCUT2D eigenvalue weighted by Gasteiger charge is -2.19. The highest BCUT2D eigenvalue weighted by molar-refractivity contribution is 7.90. The van der Waals surface area contributed by atoms with Crippen LogP contribution in [0.15, 0.2) is 51.8 Å². The number of rotatable bonds is 2. The molecule has 0 saturated heterocycles. The van der Waals surface area contributed by atoms with E-state index in [2.05, 4.69) is 15.0 Å². The van der Waals surface area contributed by atoms with Gasteiger partial charge in [0.2, 0.25) is 5.96 Å². The lowest BCUT2D eigenvalue weighted by molar-refractivity contribution is 0.597. The maximum Gasteiger partial charge on any atom is 0.287 e. The summed E-state index contributed by atoms with van der Waals surface area (Å²) in [6.07, 6.45) is 0. The molecule has 5 nitrogen and oxygen atoms in total. The van der Waals surface area contributed by atoms with Crippen molar-refractivity contribution in [2.24, 2.45) is 4.40 Å². The third-order valence-corrected chi connectivity index (χ3v) is 4.95. The van der Waals surface area contributed by atoms with E-state index in [-0.39, 0.29) is 10.9 Å². The summed E-state index contributed by atoms with van der Waals surface area (Å²) in [6.45, 7) is 2.48. The number of benzene rings is 2. The van der Waals surface area contributed by atoms with Crippen LogP contribution in [0.3, 0.4) is 0 Å². The number of hydrogen-bond acceptors (Lipinski definition) is 4. The Morgan fingerprint density at radius 3 is 2.77 bits per heavy atom. The van der Waals surface area contributed by atoms with Gasteiger partial charge in [-0.2, -0.15) is 8.42 Å². The van der Waals surface area contributed by atoms with Gasteiger partial charge in [0.1, 0.15) is 4.90 Å². The molecule has 1 heterocycles. The predicted molar refractivity (Wildman–Crippen MR) is 87.7 cm³/mol. The number of fused-ring (bicyclic) bond motifs is 1. The van der Waals surface area contributed by atoms with Crippen molar-refractivity contribution in [2.45, 2.75) is 18.4 Å². The van der Waals surface area contributed by atoms with Crippen LogP contribution in [-0.2, 0) is 16.6 Å². The zero-order valence-corrected chi connectivity index (χ0v) is 13.4. The van der Waals surface area contributed by atoms with Crippen molar-refractivity contribution in [3.63, 3.8) is 0 Å². The summed E-state index contributed by atoms with van der Waals surface area (Å²) in [4.78, 5) is 0.0847. The minimum absolute atomic E-state index is 0.0847. The van der Waals surface area contributed by atoms with Gasteiger partial charge in [-0.1, -0.05) is 35.9 Å². The number of nitrogens with one attached hydrogen (secondary N) is 2. The summed E-state index contributed by atoms with van der Waals surface area (Å²) in [7, 11) is -3.75. The van der Waals surface area contributed by atoms with E-state index in [1.165, 1.54) is 6.07 Å². The van der Waals surface area contributed by atoms with Crippen LogP contribution in [0.2, 0.25) is 5.02 Å². The van der Waals surface area contributed by atoms with Gasteiger partial charge in [-0.15, -0.1) is 4.40 Å².